The third-order valence-corrected chi connectivity index (χ3v) is 2.99. The van der Waals surface area contributed by atoms with Gasteiger partial charge in [0.05, 0.1) is 12.0 Å². The number of aryl methyl sites for hydroxylation is 1. The summed E-state index contributed by atoms with van der Waals surface area (Å²) in [5.74, 6) is 0.732. The smallest absolute Gasteiger partial charge is 0.258 e. The molecule has 0 spiro atoms. The maximum Gasteiger partial charge on any atom is 0.258 e. The van der Waals surface area contributed by atoms with Crippen LogP contribution in [0.4, 0.5) is 0 Å². The van der Waals surface area contributed by atoms with Crippen LogP contribution < -0.4 is 10.3 Å². The zero-order valence-corrected chi connectivity index (χ0v) is 11.4. The van der Waals surface area contributed by atoms with Gasteiger partial charge in [-0.3, -0.25) is 4.79 Å². The fourth-order valence-electron chi connectivity index (χ4n) is 2.07. The maximum absolute atomic E-state index is 12.3. The van der Waals surface area contributed by atoms with Crippen molar-refractivity contribution in [3.05, 3.63) is 40.8 Å². The Labute approximate surface area is 112 Å². The number of fused-ring (bicyclic) bond motifs is 1. The SMILES string of the molecule is CCCn1ccc2c(OCCOC)cccc2c1=O. The summed E-state index contributed by atoms with van der Waals surface area (Å²) in [6, 6.07) is 7.51. The van der Waals surface area contributed by atoms with E-state index in [1.54, 1.807) is 11.7 Å². The van der Waals surface area contributed by atoms with Crippen LogP contribution in [-0.4, -0.2) is 24.9 Å². The first-order chi connectivity index (χ1) is 9.27. The Balaban J connectivity index is 2.40. The van der Waals surface area contributed by atoms with Crippen LogP contribution in [0.25, 0.3) is 10.8 Å². The molecule has 1 aromatic heterocycles. The molecular formula is C15H19NO3. The first-order valence-corrected chi connectivity index (χ1v) is 6.52. The molecule has 0 aliphatic rings. The van der Waals surface area contributed by atoms with E-state index in [9.17, 15) is 4.79 Å². The van der Waals surface area contributed by atoms with Gasteiger partial charge in [-0.2, -0.15) is 0 Å². The molecule has 0 amide bonds. The third-order valence-electron chi connectivity index (χ3n) is 2.99. The van der Waals surface area contributed by atoms with Gasteiger partial charge in [0.2, 0.25) is 0 Å². The number of ether oxygens (including phenoxy) is 2. The Bertz CT molecular complexity index is 604. The highest BCUT2D eigenvalue weighted by Gasteiger charge is 2.06. The average Bonchev–Trinajstić information content (AvgIpc) is 2.43. The predicted octanol–water partition coefficient (Wildman–Crippen LogP) is 2.44. The lowest BCUT2D eigenvalue weighted by Gasteiger charge is -2.10. The minimum atomic E-state index is 0.0385. The number of nitrogens with zero attached hydrogens (tertiary/aromatic N) is 1. The highest BCUT2D eigenvalue weighted by atomic mass is 16.5. The van der Waals surface area contributed by atoms with Crippen LogP contribution in [0.15, 0.2) is 35.3 Å². The van der Waals surface area contributed by atoms with Crippen molar-refractivity contribution in [2.24, 2.45) is 0 Å². The first kappa shape index (κ1) is 13.6. The molecule has 0 radical (unpaired) electrons. The van der Waals surface area contributed by atoms with Crippen molar-refractivity contribution >= 4 is 10.8 Å². The molecule has 0 saturated heterocycles. The number of aromatic nitrogens is 1. The van der Waals surface area contributed by atoms with Crippen molar-refractivity contribution in [2.75, 3.05) is 20.3 Å². The lowest BCUT2D eigenvalue weighted by molar-refractivity contribution is 0.147. The monoisotopic (exact) mass is 261 g/mol. The topological polar surface area (TPSA) is 40.5 Å². The molecule has 0 aliphatic carbocycles. The standard InChI is InChI=1S/C15H19NO3/c1-3-8-16-9-7-12-13(15(16)17)5-4-6-14(12)19-11-10-18-2/h4-7,9H,3,8,10-11H2,1-2H3. The third kappa shape index (κ3) is 2.96. The zero-order valence-electron chi connectivity index (χ0n) is 11.4. The van der Waals surface area contributed by atoms with E-state index in [4.69, 9.17) is 9.47 Å². The molecule has 1 heterocycles. The molecule has 102 valence electrons. The first-order valence-electron chi connectivity index (χ1n) is 6.52. The Morgan fingerprint density at radius 1 is 1.16 bits per heavy atom. The molecule has 0 bridgehead atoms. The number of rotatable bonds is 6. The van der Waals surface area contributed by atoms with Gasteiger partial charge >= 0.3 is 0 Å². The van der Waals surface area contributed by atoms with Crippen LogP contribution in [0.5, 0.6) is 5.75 Å². The molecule has 0 fully saturated rings. The molecule has 0 unspecified atom stereocenters. The van der Waals surface area contributed by atoms with Crippen molar-refractivity contribution in [3.63, 3.8) is 0 Å². The minimum Gasteiger partial charge on any atom is -0.491 e. The normalized spacial score (nSPS) is 10.8. The van der Waals surface area contributed by atoms with Crippen LogP contribution in [-0.2, 0) is 11.3 Å². The largest absolute Gasteiger partial charge is 0.491 e. The zero-order chi connectivity index (χ0) is 13.7. The lowest BCUT2D eigenvalue weighted by Crippen LogP contribution is -2.19. The van der Waals surface area contributed by atoms with E-state index in [-0.39, 0.29) is 5.56 Å². The summed E-state index contributed by atoms with van der Waals surface area (Å²) in [4.78, 5) is 12.3. The van der Waals surface area contributed by atoms with Crippen LogP contribution in [0.2, 0.25) is 0 Å². The molecule has 4 nitrogen and oxygen atoms in total. The second-order valence-corrected chi connectivity index (χ2v) is 4.37. The van der Waals surface area contributed by atoms with E-state index in [2.05, 4.69) is 6.92 Å². The van der Waals surface area contributed by atoms with Crippen molar-refractivity contribution in [1.29, 1.82) is 0 Å². The van der Waals surface area contributed by atoms with Gasteiger partial charge < -0.3 is 14.0 Å². The minimum absolute atomic E-state index is 0.0385. The van der Waals surface area contributed by atoms with Gasteiger partial charge in [-0.25, -0.2) is 0 Å². The van der Waals surface area contributed by atoms with E-state index in [1.165, 1.54) is 0 Å². The van der Waals surface area contributed by atoms with E-state index < -0.39 is 0 Å². The fourth-order valence-corrected chi connectivity index (χ4v) is 2.07. The molecule has 0 saturated carbocycles. The van der Waals surface area contributed by atoms with Gasteiger partial charge in [0.25, 0.3) is 5.56 Å². The Hall–Kier alpha value is -1.81. The number of methoxy groups -OCH3 is 1. The predicted molar refractivity (Wildman–Crippen MR) is 75.9 cm³/mol. The summed E-state index contributed by atoms with van der Waals surface area (Å²) in [5, 5.41) is 1.56. The summed E-state index contributed by atoms with van der Waals surface area (Å²) in [5.41, 5.74) is 0.0385. The number of hydrogen-bond donors (Lipinski definition) is 0. The van der Waals surface area contributed by atoms with E-state index in [0.29, 0.717) is 18.6 Å². The van der Waals surface area contributed by atoms with Gasteiger partial charge in [0, 0.05) is 25.2 Å². The molecule has 0 N–H and O–H groups in total. The molecular weight excluding hydrogens is 242 g/mol. The number of benzene rings is 1. The van der Waals surface area contributed by atoms with Crippen molar-refractivity contribution in [3.8, 4) is 5.75 Å². The second kappa shape index (κ2) is 6.38. The van der Waals surface area contributed by atoms with Crippen LogP contribution in [0, 0.1) is 0 Å². The maximum atomic E-state index is 12.3. The Morgan fingerprint density at radius 2 is 2.00 bits per heavy atom. The van der Waals surface area contributed by atoms with E-state index in [1.807, 2.05) is 30.5 Å². The second-order valence-electron chi connectivity index (χ2n) is 4.37. The Morgan fingerprint density at radius 3 is 2.74 bits per heavy atom. The van der Waals surface area contributed by atoms with Gasteiger partial charge in [-0.05, 0) is 24.6 Å². The highest BCUT2D eigenvalue weighted by Crippen LogP contribution is 2.23. The summed E-state index contributed by atoms with van der Waals surface area (Å²) in [6.07, 6.45) is 2.77. The molecule has 19 heavy (non-hydrogen) atoms. The van der Waals surface area contributed by atoms with Crippen LogP contribution >= 0.6 is 0 Å². The van der Waals surface area contributed by atoms with Gasteiger partial charge in [-0.15, -0.1) is 0 Å². The molecule has 2 rings (SSSR count). The average molecular weight is 261 g/mol. The summed E-state index contributed by atoms with van der Waals surface area (Å²) in [6.45, 7) is 3.81. The molecule has 0 atom stereocenters. The Kier molecular flexibility index (Phi) is 4.58. The molecule has 2 aromatic rings. The van der Waals surface area contributed by atoms with E-state index >= 15 is 0 Å². The highest BCUT2D eigenvalue weighted by molar-refractivity contribution is 5.87. The van der Waals surface area contributed by atoms with Crippen molar-refractivity contribution < 1.29 is 9.47 Å². The summed E-state index contributed by atoms with van der Waals surface area (Å²) in [7, 11) is 1.63. The van der Waals surface area contributed by atoms with Crippen LogP contribution in [0.1, 0.15) is 13.3 Å². The molecule has 0 aliphatic heterocycles. The van der Waals surface area contributed by atoms with Crippen LogP contribution in [0.3, 0.4) is 0 Å². The summed E-state index contributed by atoms with van der Waals surface area (Å²) < 4.78 is 12.3. The van der Waals surface area contributed by atoms with Gasteiger partial charge in [-0.1, -0.05) is 13.0 Å². The number of pyridine rings is 1. The van der Waals surface area contributed by atoms with Gasteiger partial charge in [0.1, 0.15) is 12.4 Å². The molecule has 1 aromatic carbocycles. The van der Waals surface area contributed by atoms with Crippen molar-refractivity contribution in [2.45, 2.75) is 19.9 Å². The fraction of sp³-hybridized carbons (Fsp3) is 0.400. The molecule has 4 heteroatoms. The van der Waals surface area contributed by atoms with Crippen molar-refractivity contribution in [1.82, 2.24) is 4.57 Å². The van der Waals surface area contributed by atoms with Gasteiger partial charge in [0.15, 0.2) is 0 Å². The quantitative estimate of drug-likeness (QED) is 0.750. The summed E-state index contributed by atoms with van der Waals surface area (Å²) >= 11 is 0. The lowest BCUT2D eigenvalue weighted by atomic mass is 10.1. The number of hydrogen-bond acceptors (Lipinski definition) is 3. The van der Waals surface area contributed by atoms with E-state index in [0.717, 1.165) is 24.1 Å².